The summed E-state index contributed by atoms with van der Waals surface area (Å²) in [5.41, 5.74) is 0. The average Bonchev–Trinajstić information content (AvgIpc) is 2.17. The standard InChI is InChI=1S/C5H5N3O/c1-4-7-5(3-6-2)8-9-4/h3H2,1H3. The fraction of sp³-hybridized carbons (Fsp3) is 0.400. The van der Waals surface area contributed by atoms with Gasteiger partial charge in [-0.2, -0.15) is 4.98 Å². The predicted molar refractivity (Wildman–Crippen MR) is 29.3 cm³/mol. The Bertz CT molecular complexity index is 235. The van der Waals surface area contributed by atoms with Crippen LogP contribution in [0.5, 0.6) is 0 Å². The Morgan fingerprint density at radius 1 is 1.78 bits per heavy atom. The molecule has 0 amide bonds. The molecular weight excluding hydrogens is 118 g/mol. The Labute approximate surface area is 52.3 Å². The van der Waals surface area contributed by atoms with Gasteiger partial charge in [-0.15, -0.1) is 0 Å². The molecule has 9 heavy (non-hydrogen) atoms. The Morgan fingerprint density at radius 2 is 2.56 bits per heavy atom. The molecule has 0 aliphatic rings. The van der Waals surface area contributed by atoms with Gasteiger partial charge in [0.05, 0.1) is 0 Å². The van der Waals surface area contributed by atoms with Gasteiger partial charge in [0.1, 0.15) is 0 Å². The van der Waals surface area contributed by atoms with Crippen LogP contribution in [0, 0.1) is 13.5 Å². The van der Waals surface area contributed by atoms with Gasteiger partial charge in [0.15, 0.2) is 0 Å². The molecule has 0 atom stereocenters. The second-order valence-corrected chi connectivity index (χ2v) is 1.55. The van der Waals surface area contributed by atoms with Crippen LogP contribution in [0.2, 0.25) is 0 Å². The second-order valence-electron chi connectivity index (χ2n) is 1.55. The number of hydrogen-bond acceptors (Lipinski definition) is 3. The molecule has 1 aromatic rings. The smallest absolute Gasteiger partial charge is 0.276 e. The molecule has 0 radical (unpaired) electrons. The van der Waals surface area contributed by atoms with E-state index in [1.807, 2.05) is 0 Å². The van der Waals surface area contributed by atoms with Crippen LogP contribution in [0.1, 0.15) is 11.7 Å². The maximum absolute atomic E-state index is 6.45. The van der Waals surface area contributed by atoms with E-state index in [2.05, 4.69) is 19.5 Å². The summed E-state index contributed by atoms with van der Waals surface area (Å²) in [6.45, 7) is 8.35. The minimum Gasteiger partial charge on any atom is -0.339 e. The van der Waals surface area contributed by atoms with E-state index < -0.39 is 0 Å². The summed E-state index contributed by atoms with van der Waals surface area (Å²) in [5.74, 6) is 0.969. The fourth-order valence-electron chi connectivity index (χ4n) is 0.476. The molecule has 0 unspecified atom stereocenters. The van der Waals surface area contributed by atoms with E-state index in [9.17, 15) is 0 Å². The van der Waals surface area contributed by atoms with E-state index in [-0.39, 0.29) is 6.54 Å². The fourth-order valence-corrected chi connectivity index (χ4v) is 0.476. The van der Waals surface area contributed by atoms with Gasteiger partial charge in [0.2, 0.25) is 5.89 Å². The largest absolute Gasteiger partial charge is 0.339 e. The van der Waals surface area contributed by atoms with Crippen LogP contribution in [0.3, 0.4) is 0 Å². The zero-order valence-corrected chi connectivity index (χ0v) is 4.96. The van der Waals surface area contributed by atoms with Crippen molar-refractivity contribution in [1.82, 2.24) is 10.1 Å². The van der Waals surface area contributed by atoms with E-state index in [1.165, 1.54) is 0 Å². The maximum atomic E-state index is 6.45. The molecule has 4 nitrogen and oxygen atoms in total. The van der Waals surface area contributed by atoms with Gasteiger partial charge in [-0.1, -0.05) is 5.16 Å². The molecular formula is C5H5N3O. The van der Waals surface area contributed by atoms with Gasteiger partial charge in [-0.3, -0.25) is 0 Å². The topological polar surface area (TPSA) is 43.3 Å². The van der Waals surface area contributed by atoms with Gasteiger partial charge < -0.3 is 9.37 Å². The highest BCUT2D eigenvalue weighted by atomic mass is 16.5. The molecule has 0 saturated carbocycles. The highest BCUT2D eigenvalue weighted by Gasteiger charge is 2.01. The Hall–Kier alpha value is -1.37. The maximum Gasteiger partial charge on any atom is 0.276 e. The van der Waals surface area contributed by atoms with Crippen molar-refractivity contribution in [2.45, 2.75) is 13.5 Å². The normalized spacial score (nSPS) is 8.89. The number of aromatic nitrogens is 2. The van der Waals surface area contributed by atoms with Crippen LogP contribution in [0.15, 0.2) is 4.52 Å². The third-order valence-corrected chi connectivity index (χ3v) is 0.790. The lowest BCUT2D eigenvalue weighted by Gasteiger charge is -1.70. The van der Waals surface area contributed by atoms with E-state index >= 15 is 0 Å². The predicted octanol–water partition coefficient (Wildman–Crippen LogP) is 0.797. The Morgan fingerprint density at radius 3 is 3.00 bits per heavy atom. The summed E-state index contributed by atoms with van der Waals surface area (Å²) in [6, 6.07) is 0. The first-order chi connectivity index (χ1) is 4.33. The Kier molecular flexibility index (Phi) is 1.45. The van der Waals surface area contributed by atoms with Crippen molar-refractivity contribution < 1.29 is 4.52 Å². The van der Waals surface area contributed by atoms with Crippen molar-refractivity contribution in [1.29, 1.82) is 0 Å². The summed E-state index contributed by atoms with van der Waals surface area (Å²) in [7, 11) is 0. The molecule has 1 rings (SSSR count). The quantitative estimate of drug-likeness (QED) is 0.518. The number of rotatable bonds is 1. The zero-order valence-electron chi connectivity index (χ0n) is 4.96. The first-order valence-corrected chi connectivity index (χ1v) is 2.45. The summed E-state index contributed by atoms with van der Waals surface area (Å²) in [5, 5.41) is 3.51. The molecule has 0 bridgehead atoms. The van der Waals surface area contributed by atoms with Gasteiger partial charge in [0, 0.05) is 6.92 Å². The molecule has 1 heterocycles. The summed E-state index contributed by atoms with van der Waals surface area (Å²) in [6.07, 6.45) is 0. The van der Waals surface area contributed by atoms with E-state index in [1.54, 1.807) is 6.92 Å². The minimum atomic E-state index is 0.206. The monoisotopic (exact) mass is 123 g/mol. The van der Waals surface area contributed by atoms with Crippen molar-refractivity contribution >= 4 is 0 Å². The van der Waals surface area contributed by atoms with E-state index in [0.29, 0.717) is 11.7 Å². The lowest BCUT2D eigenvalue weighted by molar-refractivity contribution is 0.388. The van der Waals surface area contributed by atoms with Gasteiger partial charge >= 0.3 is 0 Å². The molecule has 1 aromatic heterocycles. The summed E-state index contributed by atoms with van der Waals surface area (Å²) in [4.78, 5) is 6.89. The van der Waals surface area contributed by atoms with Crippen LogP contribution in [-0.2, 0) is 6.54 Å². The molecule has 0 fully saturated rings. The van der Waals surface area contributed by atoms with Crippen molar-refractivity contribution in [3.05, 3.63) is 23.1 Å². The van der Waals surface area contributed by atoms with Gasteiger partial charge in [-0.05, 0) is 0 Å². The van der Waals surface area contributed by atoms with Crippen molar-refractivity contribution in [3.8, 4) is 0 Å². The molecule has 0 N–H and O–H groups in total. The summed E-state index contributed by atoms with van der Waals surface area (Å²) >= 11 is 0. The number of hydrogen-bond donors (Lipinski definition) is 0. The Balaban J connectivity index is 2.76. The lowest BCUT2D eigenvalue weighted by Crippen LogP contribution is -1.80. The van der Waals surface area contributed by atoms with E-state index in [0.717, 1.165) is 0 Å². The van der Waals surface area contributed by atoms with Crippen molar-refractivity contribution in [2.24, 2.45) is 0 Å². The minimum absolute atomic E-state index is 0.206. The van der Waals surface area contributed by atoms with Crippen LogP contribution >= 0.6 is 0 Å². The second kappa shape index (κ2) is 2.27. The number of aryl methyl sites for hydroxylation is 1. The zero-order chi connectivity index (χ0) is 6.69. The van der Waals surface area contributed by atoms with Crippen LogP contribution < -0.4 is 0 Å². The molecule has 4 heteroatoms. The van der Waals surface area contributed by atoms with E-state index in [4.69, 9.17) is 6.57 Å². The van der Waals surface area contributed by atoms with Crippen LogP contribution in [0.4, 0.5) is 0 Å². The molecule has 0 spiro atoms. The summed E-state index contributed by atoms with van der Waals surface area (Å²) < 4.78 is 4.61. The third-order valence-electron chi connectivity index (χ3n) is 0.790. The first-order valence-electron chi connectivity index (χ1n) is 2.45. The third kappa shape index (κ3) is 1.26. The molecule has 0 aliphatic carbocycles. The number of nitrogens with zero attached hydrogens (tertiary/aromatic N) is 3. The highest BCUT2D eigenvalue weighted by molar-refractivity contribution is 4.86. The lowest BCUT2D eigenvalue weighted by atomic mass is 10.6. The molecule has 0 saturated heterocycles. The average molecular weight is 123 g/mol. The first kappa shape index (κ1) is 5.76. The van der Waals surface area contributed by atoms with Crippen LogP contribution in [-0.4, -0.2) is 10.1 Å². The van der Waals surface area contributed by atoms with Gasteiger partial charge in [-0.25, -0.2) is 6.57 Å². The van der Waals surface area contributed by atoms with Crippen molar-refractivity contribution in [2.75, 3.05) is 0 Å². The van der Waals surface area contributed by atoms with Crippen molar-refractivity contribution in [3.63, 3.8) is 0 Å². The SMILES string of the molecule is [C-]#[N+]Cc1noc(C)n1. The molecule has 0 aromatic carbocycles. The molecule has 46 valence electrons. The highest BCUT2D eigenvalue weighted by Crippen LogP contribution is 1.95. The van der Waals surface area contributed by atoms with Crippen LogP contribution in [0.25, 0.3) is 4.85 Å². The molecule has 0 aliphatic heterocycles. The van der Waals surface area contributed by atoms with Gasteiger partial charge in [0.25, 0.3) is 12.4 Å².